The van der Waals surface area contributed by atoms with Gasteiger partial charge in [0.15, 0.2) is 11.5 Å². The first-order valence-electron chi connectivity index (χ1n) is 5.04. The van der Waals surface area contributed by atoms with Crippen LogP contribution in [0.15, 0.2) is 35.4 Å². The summed E-state index contributed by atoms with van der Waals surface area (Å²) in [4.78, 5) is 21.6. The van der Waals surface area contributed by atoms with E-state index >= 15 is 0 Å². The van der Waals surface area contributed by atoms with Gasteiger partial charge in [-0.2, -0.15) is 4.39 Å². The number of aromatic nitrogens is 4. The second-order valence-electron chi connectivity index (χ2n) is 3.61. The van der Waals surface area contributed by atoms with Crippen molar-refractivity contribution in [2.45, 2.75) is 0 Å². The number of halogens is 2. The lowest BCUT2D eigenvalue weighted by Gasteiger charge is -2.02. The van der Waals surface area contributed by atoms with Gasteiger partial charge in [-0.25, -0.2) is 23.7 Å². The van der Waals surface area contributed by atoms with Crippen LogP contribution in [0.25, 0.3) is 16.9 Å². The molecule has 0 aromatic carbocycles. The molecule has 90 valence electrons. The van der Waals surface area contributed by atoms with Crippen LogP contribution in [0.5, 0.6) is 0 Å². The molecule has 0 aliphatic heterocycles. The lowest BCUT2D eigenvalue weighted by Crippen LogP contribution is -2.15. The molecule has 0 fully saturated rings. The van der Waals surface area contributed by atoms with E-state index < -0.39 is 17.5 Å². The molecule has 0 aliphatic carbocycles. The maximum Gasteiger partial charge on any atom is 0.332 e. The van der Waals surface area contributed by atoms with Crippen molar-refractivity contribution in [1.29, 1.82) is 0 Å². The summed E-state index contributed by atoms with van der Waals surface area (Å²) in [5.41, 5.74) is 0.461. The number of pyridine rings is 2. The van der Waals surface area contributed by atoms with Crippen LogP contribution in [0.1, 0.15) is 0 Å². The van der Waals surface area contributed by atoms with E-state index in [1.807, 2.05) is 0 Å². The lowest BCUT2D eigenvalue weighted by atomic mass is 10.4. The van der Waals surface area contributed by atoms with Crippen molar-refractivity contribution >= 4 is 11.2 Å². The van der Waals surface area contributed by atoms with Gasteiger partial charge in [-0.15, -0.1) is 0 Å². The summed E-state index contributed by atoms with van der Waals surface area (Å²) >= 11 is 0. The number of aromatic amines is 1. The van der Waals surface area contributed by atoms with E-state index in [1.165, 1.54) is 6.20 Å². The zero-order valence-corrected chi connectivity index (χ0v) is 8.89. The van der Waals surface area contributed by atoms with Crippen molar-refractivity contribution < 1.29 is 8.78 Å². The first kappa shape index (κ1) is 10.6. The molecule has 0 bridgehead atoms. The average Bonchev–Trinajstić information content (AvgIpc) is 2.69. The van der Waals surface area contributed by atoms with Gasteiger partial charge in [0.05, 0.1) is 17.4 Å². The van der Waals surface area contributed by atoms with Gasteiger partial charge in [-0.1, -0.05) is 0 Å². The van der Waals surface area contributed by atoms with Crippen molar-refractivity contribution in [3.8, 4) is 5.69 Å². The minimum Gasteiger partial charge on any atom is -0.304 e. The molecule has 7 heteroatoms. The fourth-order valence-electron chi connectivity index (χ4n) is 1.71. The maximum atomic E-state index is 13.1. The first-order valence-corrected chi connectivity index (χ1v) is 5.04. The van der Waals surface area contributed by atoms with Gasteiger partial charge in [0, 0.05) is 12.3 Å². The summed E-state index contributed by atoms with van der Waals surface area (Å²) < 4.78 is 27.0. The molecule has 3 aromatic heterocycles. The molecule has 1 N–H and O–H groups in total. The first-order chi connectivity index (χ1) is 8.66. The van der Waals surface area contributed by atoms with Crippen LogP contribution in [0, 0.1) is 11.8 Å². The molecular formula is C11H6F2N4O. The fourth-order valence-corrected chi connectivity index (χ4v) is 1.71. The number of nitrogens with one attached hydrogen (secondary N) is 1. The SMILES string of the molecule is O=c1[nH]c2cccnc2n1-c1cnc(F)c(F)c1. The molecule has 0 atom stereocenters. The third kappa shape index (κ3) is 1.48. The van der Waals surface area contributed by atoms with Crippen LogP contribution in [-0.2, 0) is 0 Å². The number of nitrogens with zero attached hydrogens (tertiary/aromatic N) is 3. The molecule has 0 amide bonds. The monoisotopic (exact) mass is 248 g/mol. The third-order valence-electron chi connectivity index (χ3n) is 2.48. The van der Waals surface area contributed by atoms with Gasteiger partial charge in [0.2, 0.25) is 5.95 Å². The number of imidazole rings is 1. The van der Waals surface area contributed by atoms with E-state index in [0.717, 1.165) is 16.8 Å². The van der Waals surface area contributed by atoms with Crippen molar-refractivity contribution in [3.63, 3.8) is 0 Å². The number of hydrogen-bond donors (Lipinski definition) is 1. The van der Waals surface area contributed by atoms with Gasteiger partial charge in [-0.05, 0) is 12.1 Å². The van der Waals surface area contributed by atoms with E-state index in [9.17, 15) is 13.6 Å². The smallest absolute Gasteiger partial charge is 0.304 e. The average molecular weight is 248 g/mol. The van der Waals surface area contributed by atoms with E-state index in [-0.39, 0.29) is 5.69 Å². The molecule has 0 unspecified atom stereocenters. The Morgan fingerprint density at radius 3 is 2.89 bits per heavy atom. The van der Waals surface area contributed by atoms with Crippen molar-refractivity contribution in [3.05, 3.63) is 52.8 Å². The topological polar surface area (TPSA) is 63.6 Å². The predicted octanol–water partition coefficient (Wildman–Crippen LogP) is 1.39. The van der Waals surface area contributed by atoms with Crippen LogP contribution in [-0.4, -0.2) is 19.5 Å². The summed E-state index contributed by atoms with van der Waals surface area (Å²) in [5.74, 6) is -2.33. The fraction of sp³-hybridized carbons (Fsp3) is 0. The molecule has 5 nitrogen and oxygen atoms in total. The number of H-pyrrole nitrogens is 1. The molecule has 18 heavy (non-hydrogen) atoms. The normalized spacial score (nSPS) is 11.0. The van der Waals surface area contributed by atoms with E-state index in [0.29, 0.717) is 11.2 Å². The zero-order chi connectivity index (χ0) is 12.7. The Balaban J connectivity index is 2.34. The highest BCUT2D eigenvalue weighted by molar-refractivity contribution is 5.72. The minimum atomic E-state index is -1.21. The Labute approximate surface area is 98.7 Å². The third-order valence-corrected chi connectivity index (χ3v) is 2.48. The van der Waals surface area contributed by atoms with Gasteiger partial charge < -0.3 is 4.98 Å². The Bertz CT molecular complexity index is 793. The standard InChI is InChI=1S/C11H6F2N4O/c12-7-4-6(5-15-9(7)13)17-10-8(16-11(17)18)2-1-3-14-10/h1-5H,(H,16,18). The quantitative estimate of drug-likeness (QED) is 0.662. The highest BCUT2D eigenvalue weighted by Crippen LogP contribution is 2.13. The molecule has 0 saturated carbocycles. The number of hydrogen-bond acceptors (Lipinski definition) is 3. The summed E-state index contributed by atoms with van der Waals surface area (Å²) in [6, 6.07) is 4.21. The molecule has 3 aromatic rings. The highest BCUT2D eigenvalue weighted by atomic mass is 19.2. The highest BCUT2D eigenvalue weighted by Gasteiger charge is 2.12. The van der Waals surface area contributed by atoms with Gasteiger partial charge >= 0.3 is 5.69 Å². The second kappa shape index (κ2) is 3.73. The molecule has 3 rings (SSSR count). The van der Waals surface area contributed by atoms with E-state index in [2.05, 4.69) is 15.0 Å². The largest absolute Gasteiger partial charge is 0.332 e. The molecule has 0 radical (unpaired) electrons. The van der Waals surface area contributed by atoms with Crippen molar-refractivity contribution in [1.82, 2.24) is 19.5 Å². The van der Waals surface area contributed by atoms with Crippen molar-refractivity contribution in [2.75, 3.05) is 0 Å². The van der Waals surface area contributed by atoms with Crippen LogP contribution in [0.2, 0.25) is 0 Å². The summed E-state index contributed by atoms with van der Waals surface area (Å²) in [5, 5.41) is 0. The summed E-state index contributed by atoms with van der Waals surface area (Å²) in [7, 11) is 0. The maximum absolute atomic E-state index is 13.1. The second-order valence-corrected chi connectivity index (χ2v) is 3.61. The summed E-state index contributed by atoms with van der Waals surface area (Å²) in [6.45, 7) is 0. The molecular weight excluding hydrogens is 242 g/mol. The zero-order valence-electron chi connectivity index (χ0n) is 8.89. The van der Waals surface area contributed by atoms with E-state index in [1.54, 1.807) is 12.1 Å². The number of rotatable bonds is 1. The lowest BCUT2D eigenvalue weighted by molar-refractivity contribution is 0.478. The molecule has 0 saturated heterocycles. The summed E-state index contributed by atoms with van der Waals surface area (Å²) in [6.07, 6.45) is 2.57. The Morgan fingerprint density at radius 2 is 2.11 bits per heavy atom. The minimum absolute atomic E-state index is 0.115. The number of fused-ring (bicyclic) bond motifs is 1. The Morgan fingerprint density at radius 1 is 1.28 bits per heavy atom. The van der Waals surface area contributed by atoms with Gasteiger partial charge in [0.25, 0.3) is 0 Å². The van der Waals surface area contributed by atoms with E-state index in [4.69, 9.17) is 0 Å². The van der Waals surface area contributed by atoms with Gasteiger partial charge in [0.1, 0.15) is 0 Å². The van der Waals surface area contributed by atoms with Crippen LogP contribution in [0.4, 0.5) is 8.78 Å². The van der Waals surface area contributed by atoms with Crippen LogP contribution < -0.4 is 5.69 Å². The molecule has 0 spiro atoms. The molecule has 0 aliphatic rings. The van der Waals surface area contributed by atoms with Crippen LogP contribution >= 0.6 is 0 Å². The Kier molecular flexibility index (Phi) is 2.19. The van der Waals surface area contributed by atoms with Gasteiger partial charge in [-0.3, -0.25) is 0 Å². The Hall–Kier alpha value is -2.57. The molecule has 3 heterocycles. The predicted molar refractivity (Wildman–Crippen MR) is 59.4 cm³/mol. The van der Waals surface area contributed by atoms with Crippen molar-refractivity contribution in [2.24, 2.45) is 0 Å². The van der Waals surface area contributed by atoms with Crippen LogP contribution in [0.3, 0.4) is 0 Å².